The normalized spacial score (nSPS) is 12.4. The first-order chi connectivity index (χ1) is 7.93. The number of ketones is 1. The molecule has 17 heavy (non-hydrogen) atoms. The molecule has 0 aromatic heterocycles. The van der Waals surface area contributed by atoms with Crippen LogP contribution < -0.4 is 4.74 Å². The van der Waals surface area contributed by atoms with Crippen LogP contribution in [0.2, 0.25) is 0 Å². The van der Waals surface area contributed by atoms with Gasteiger partial charge in [-0.2, -0.15) is 0 Å². The van der Waals surface area contributed by atoms with E-state index in [9.17, 15) is 9.90 Å². The van der Waals surface area contributed by atoms with Crippen molar-refractivity contribution in [3.05, 3.63) is 28.3 Å². The molecule has 94 valence electrons. The summed E-state index contributed by atoms with van der Waals surface area (Å²) < 4.78 is 5.31. The molecule has 0 aliphatic rings. The fraction of sp³-hybridized carbons (Fsp3) is 0.500. The fourth-order valence-corrected chi connectivity index (χ4v) is 2.05. The van der Waals surface area contributed by atoms with Gasteiger partial charge in [-0.25, -0.2) is 0 Å². The number of hydrogen-bond acceptors (Lipinski definition) is 3. The zero-order chi connectivity index (χ0) is 13.2. The monoisotopic (exact) mass is 236 g/mol. The van der Waals surface area contributed by atoms with E-state index < -0.39 is 6.10 Å². The van der Waals surface area contributed by atoms with E-state index in [-0.39, 0.29) is 5.78 Å². The molecule has 1 atom stereocenters. The smallest absolute Gasteiger partial charge is 0.165 e. The van der Waals surface area contributed by atoms with E-state index in [0.29, 0.717) is 12.0 Å². The Morgan fingerprint density at radius 1 is 1.35 bits per heavy atom. The van der Waals surface area contributed by atoms with E-state index in [2.05, 4.69) is 0 Å². The molecule has 0 radical (unpaired) electrons. The van der Waals surface area contributed by atoms with Crippen LogP contribution >= 0.6 is 0 Å². The van der Waals surface area contributed by atoms with Gasteiger partial charge in [-0.3, -0.25) is 4.79 Å². The average molecular weight is 236 g/mol. The van der Waals surface area contributed by atoms with Gasteiger partial charge in [0.1, 0.15) is 11.9 Å². The van der Waals surface area contributed by atoms with Crippen molar-refractivity contribution in [3.8, 4) is 5.75 Å². The Morgan fingerprint density at radius 2 is 1.94 bits per heavy atom. The first-order valence-corrected chi connectivity index (χ1v) is 5.79. The zero-order valence-corrected chi connectivity index (χ0v) is 11.1. The van der Waals surface area contributed by atoms with Gasteiger partial charge in [0.2, 0.25) is 0 Å². The van der Waals surface area contributed by atoms with Crippen LogP contribution in [-0.4, -0.2) is 18.0 Å². The number of hydrogen-bond donors (Lipinski definition) is 1. The predicted molar refractivity (Wildman–Crippen MR) is 67.5 cm³/mol. The van der Waals surface area contributed by atoms with Gasteiger partial charge >= 0.3 is 0 Å². The van der Waals surface area contributed by atoms with Crippen LogP contribution in [-0.2, 0) is 4.79 Å². The average Bonchev–Trinajstić information content (AvgIpc) is 2.32. The summed E-state index contributed by atoms with van der Waals surface area (Å²) in [5.41, 5.74) is 3.52. The molecule has 1 aromatic carbocycles. The largest absolute Gasteiger partial charge is 0.496 e. The van der Waals surface area contributed by atoms with Gasteiger partial charge in [-0.1, -0.05) is 6.92 Å². The minimum atomic E-state index is -1.02. The molecule has 1 N–H and O–H groups in total. The number of rotatable bonds is 4. The molecular weight excluding hydrogens is 216 g/mol. The lowest BCUT2D eigenvalue weighted by atomic mass is 9.93. The molecule has 3 nitrogen and oxygen atoms in total. The maximum absolute atomic E-state index is 11.6. The summed E-state index contributed by atoms with van der Waals surface area (Å²) in [6, 6.07) is 1.83. The molecule has 1 aromatic rings. The highest BCUT2D eigenvalue weighted by molar-refractivity contribution is 5.84. The third kappa shape index (κ3) is 2.50. The fourth-order valence-electron chi connectivity index (χ4n) is 2.05. The lowest BCUT2D eigenvalue weighted by Crippen LogP contribution is -2.13. The maximum Gasteiger partial charge on any atom is 0.165 e. The van der Waals surface area contributed by atoms with Crippen molar-refractivity contribution >= 4 is 5.78 Å². The van der Waals surface area contributed by atoms with E-state index in [1.165, 1.54) is 0 Å². The summed E-state index contributed by atoms with van der Waals surface area (Å²) in [4.78, 5) is 11.6. The van der Waals surface area contributed by atoms with Gasteiger partial charge in [0.15, 0.2) is 5.78 Å². The van der Waals surface area contributed by atoms with Crippen LogP contribution in [0, 0.1) is 20.8 Å². The number of methoxy groups -OCH3 is 1. The maximum atomic E-state index is 11.6. The quantitative estimate of drug-likeness (QED) is 0.874. The molecule has 1 unspecified atom stereocenters. The lowest BCUT2D eigenvalue weighted by molar-refractivity contribution is -0.127. The van der Waals surface area contributed by atoms with Gasteiger partial charge in [0.05, 0.1) is 7.11 Å². The van der Waals surface area contributed by atoms with Crippen LogP contribution in [0.15, 0.2) is 6.07 Å². The molecule has 0 spiro atoms. The van der Waals surface area contributed by atoms with Crippen LogP contribution in [0.1, 0.15) is 41.7 Å². The standard InChI is InChI=1S/C14H20O3/c1-6-12(15)13(16)11-7-8(2)14(17-5)10(4)9(11)3/h7,13,16H,6H2,1-5H3. The second-order valence-electron chi connectivity index (χ2n) is 4.29. The molecule has 1 rings (SSSR count). The van der Waals surface area contributed by atoms with Crippen LogP contribution in [0.25, 0.3) is 0 Å². The Bertz CT molecular complexity index is 436. The SMILES string of the molecule is CCC(=O)C(O)c1cc(C)c(OC)c(C)c1C. The van der Waals surface area contributed by atoms with Crippen LogP contribution in [0.5, 0.6) is 5.75 Å². The summed E-state index contributed by atoms with van der Waals surface area (Å²) >= 11 is 0. The number of ether oxygens (including phenoxy) is 1. The van der Waals surface area contributed by atoms with Crippen LogP contribution in [0.3, 0.4) is 0 Å². The second kappa shape index (κ2) is 5.32. The third-order valence-electron chi connectivity index (χ3n) is 3.22. The molecule has 3 heteroatoms. The number of Topliss-reactive ketones (excluding diaryl/α,β-unsaturated/α-hetero) is 1. The predicted octanol–water partition coefficient (Wildman–Crippen LogP) is 2.63. The number of carbonyl (C=O) groups is 1. The third-order valence-corrected chi connectivity index (χ3v) is 3.22. The summed E-state index contributed by atoms with van der Waals surface area (Å²) in [6.45, 7) is 7.51. The molecule has 0 bridgehead atoms. The highest BCUT2D eigenvalue weighted by Crippen LogP contribution is 2.32. The molecular formula is C14H20O3. The Labute approximate surface area is 102 Å². The number of aryl methyl sites for hydroxylation is 1. The van der Waals surface area contributed by atoms with Crippen molar-refractivity contribution in [2.24, 2.45) is 0 Å². The Morgan fingerprint density at radius 3 is 2.41 bits per heavy atom. The highest BCUT2D eigenvalue weighted by Gasteiger charge is 2.20. The Kier molecular flexibility index (Phi) is 4.29. The van der Waals surface area contributed by atoms with Crippen molar-refractivity contribution in [1.29, 1.82) is 0 Å². The zero-order valence-electron chi connectivity index (χ0n) is 11.1. The molecule has 0 heterocycles. The van der Waals surface area contributed by atoms with Crippen molar-refractivity contribution in [2.45, 2.75) is 40.2 Å². The van der Waals surface area contributed by atoms with Gasteiger partial charge < -0.3 is 9.84 Å². The minimum absolute atomic E-state index is 0.155. The summed E-state index contributed by atoms with van der Waals surface area (Å²) in [5, 5.41) is 9.99. The minimum Gasteiger partial charge on any atom is -0.496 e. The molecule has 0 saturated heterocycles. The topological polar surface area (TPSA) is 46.5 Å². The molecule has 0 fully saturated rings. The highest BCUT2D eigenvalue weighted by atomic mass is 16.5. The van der Waals surface area contributed by atoms with Crippen LogP contribution in [0.4, 0.5) is 0 Å². The first kappa shape index (κ1) is 13.7. The van der Waals surface area contributed by atoms with E-state index in [4.69, 9.17) is 4.74 Å². The number of aliphatic hydroxyl groups excluding tert-OH is 1. The summed E-state index contributed by atoms with van der Waals surface area (Å²) in [5.74, 6) is 0.666. The number of carbonyl (C=O) groups excluding carboxylic acids is 1. The molecule has 0 aliphatic carbocycles. The van der Waals surface area contributed by atoms with E-state index in [1.54, 1.807) is 14.0 Å². The summed E-state index contributed by atoms with van der Waals surface area (Å²) in [7, 11) is 1.63. The van der Waals surface area contributed by atoms with E-state index >= 15 is 0 Å². The second-order valence-corrected chi connectivity index (χ2v) is 4.29. The van der Waals surface area contributed by atoms with E-state index in [0.717, 1.165) is 22.4 Å². The van der Waals surface area contributed by atoms with Gasteiger partial charge in [-0.05, 0) is 49.1 Å². The lowest BCUT2D eigenvalue weighted by Gasteiger charge is -2.18. The van der Waals surface area contributed by atoms with Gasteiger partial charge in [0, 0.05) is 6.42 Å². The van der Waals surface area contributed by atoms with Crippen molar-refractivity contribution < 1.29 is 14.6 Å². The summed E-state index contributed by atoms with van der Waals surface area (Å²) in [6.07, 6.45) is -0.687. The first-order valence-electron chi connectivity index (χ1n) is 5.79. The number of benzene rings is 1. The number of aliphatic hydroxyl groups is 1. The van der Waals surface area contributed by atoms with Crippen molar-refractivity contribution in [2.75, 3.05) is 7.11 Å². The Balaban J connectivity index is 3.32. The molecule has 0 aliphatic heterocycles. The molecule has 0 amide bonds. The van der Waals surface area contributed by atoms with Gasteiger partial charge in [-0.15, -0.1) is 0 Å². The van der Waals surface area contributed by atoms with E-state index in [1.807, 2.05) is 26.8 Å². The van der Waals surface area contributed by atoms with Crippen molar-refractivity contribution in [1.82, 2.24) is 0 Å². The van der Waals surface area contributed by atoms with Crippen molar-refractivity contribution in [3.63, 3.8) is 0 Å². The van der Waals surface area contributed by atoms with Gasteiger partial charge in [0.25, 0.3) is 0 Å². The molecule has 0 saturated carbocycles. The Hall–Kier alpha value is -1.35.